The molecule has 80 valence electrons. The van der Waals surface area contributed by atoms with Crippen molar-refractivity contribution in [3.63, 3.8) is 0 Å². The van der Waals surface area contributed by atoms with E-state index in [2.05, 4.69) is 34.1 Å². The average molecular weight is 269 g/mol. The lowest BCUT2D eigenvalue weighted by Gasteiger charge is -2.32. The lowest BCUT2D eigenvalue weighted by atomic mass is 9.87. The zero-order valence-electron chi connectivity index (χ0n) is 8.46. The number of aryl methyl sites for hydroxylation is 1. The molecule has 0 atom stereocenters. The van der Waals surface area contributed by atoms with E-state index in [1.165, 1.54) is 11.1 Å². The second kappa shape index (κ2) is 3.58. The molecule has 0 bridgehead atoms. The van der Waals surface area contributed by atoms with Gasteiger partial charge in [0, 0.05) is 17.3 Å². The second-order valence-electron chi connectivity index (χ2n) is 4.20. The summed E-state index contributed by atoms with van der Waals surface area (Å²) >= 11 is 3.51. The maximum atomic E-state index is 5.74. The van der Waals surface area contributed by atoms with Crippen molar-refractivity contribution in [3.8, 4) is 0 Å². The molecule has 3 rings (SSSR count). The van der Waals surface area contributed by atoms with Gasteiger partial charge >= 0.3 is 0 Å². The predicted octanol–water partition coefficient (Wildman–Crippen LogP) is 2.68. The van der Waals surface area contributed by atoms with E-state index in [1.54, 1.807) is 0 Å². The highest BCUT2D eigenvalue weighted by molar-refractivity contribution is 9.10. The van der Waals surface area contributed by atoms with Crippen molar-refractivity contribution < 1.29 is 9.47 Å². The van der Waals surface area contributed by atoms with Crippen LogP contribution in [0.5, 0.6) is 0 Å². The minimum atomic E-state index is -0.312. The van der Waals surface area contributed by atoms with Gasteiger partial charge in [0.1, 0.15) is 0 Å². The first-order valence-corrected chi connectivity index (χ1v) is 6.12. The molecule has 15 heavy (non-hydrogen) atoms. The molecule has 1 aromatic rings. The van der Waals surface area contributed by atoms with Crippen molar-refractivity contribution in [2.75, 3.05) is 13.2 Å². The minimum absolute atomic E-state index is 0.312. The summed E-state index contributed by atoms with van der Waals surface area (Å²) in [6, 6.07) is 6.48. The highest BCUT2D eigenvalue weighted by atomic mass is 79.9. The highest BCUT2D eigenvalue weighted by Crippen LogP contribution is 2.36. The van der Waals surface area contributed by atoms with Crippen LogP contribution in [0.1, 0.15) is 17.5 Å². The van der Waals surface area contributed by atoms with Gasteiger partial charge in [-0.2, -0.15) is 0 Å². The molecule has 0 saturated carbocycles. The minimum Gasteiger partial charge on any atom is -0.347 e. The Morgan fingerprint density at radius 1 is 1.13 bits per heavy atom. The zero-order chi connectivity index (χ0) is 10.3. The van der Waals surface area contributed by atoms with Crippen molar-refractivity contribution in [2.24, 2.45) is 0 Å². The summed E-state index contributed by atoms with van der Waals surface area (Å²) < 4.78 is 12.6. The molecule has 0 unspecified atom stereocenters. The third kappa shape index (κ3) is 1.73. The van der Waals surface area contributed by atoms with E-state index in [0.29, 0.717) is 0 Å². The molecule has 1 spiro atoms. The molecule has 1 aliphatic heterocycles. The Bertz CT molecular complexity index is 383. The van der Waals surface area contributed by atoms with E-state index in [1.807, 2.05) is 0 Å². The van der Waals surface area contributed by atoms with E-state index in [0.717, 1.165) is 36.9 Å². The fourth-order valence-corrected chi connectivity index (χ4v) is 2.86. The first-order chi connectivity index (χ1) is 7.27. The number of rotatable bonds is 0. The second-order valence-corrected chi connectivity index (χ2v) is 5.11. The van der Waals surface area contributed by atoms with Gasteiger partial charge < -0.3 is 9.47 Å². The zero-order valence-corrected chi connectivity index (χ0v) is 10.0. The monoisotopic (exact) mass is 268 g/mol. The summed E-state index contributed by atoms with van der Waals surface area (Å²) in [6.07, 6.45) is 2.94. The Morgan fingerprint density at radius 3 is 2.73 bits per heavy atom. The van der Waals surface area contributed by atoms with Crippen molar-refractivity contribution in [1.29, 1.82) is 0 Å². The summed E-state index contributed by atoms with van der Waals surface area (Å²) in [5.41, 5.74) is 2.79. The Morgan fingerprint density at radius 2 is 1.93 bits per heavy atom. The molecule has 1 fully saturated rings. The fraction of sp³-hybridized carbons (Fsp3) is 0.500. The first-order valence-electron chi connectivity index (χ1n) is 5.33. The van der Waals surface area contributed by atoms with E-state index < -0.39 is 0 Å². The van der Waals surface area contributed by atoms with Crippen LogP contribution in [0.4, 0.5) is 0 Å². The molecular formula is C12H13BrO2. The Labute approximate surface area is 97.7 Å². The molecule has 0 radical (unpaired) electrons. The van der Waals surface area contributed by atoms with Crippen LogP contribution >= 0.6 is 15.9 Å². The molecule has 0 amide bonds. The number of benzene rings is 1. The number of hydrogen-bond donors (Lipinski definition) is 0. The van der Waals surface area contributed by atoms with Gasteiger partial charge in [0.05, 0.1) is 13.2 Å². The van der Waals surface area contributed by atoms with Crippen LogP contribution in [-0.4, -0.2) is 19.0 Å². The predicted molar refractivity (Wildman–Crippen MR) is 60.8 cm³/mol. The van der Waals surface area contributed by atoms with Crippen LogP contribution in [0.25, 0.3) is 0 Å². The summed E-state index contributed by atoms with van der Waals surface area (Å²) in [5.74, 6) is -0.312. The van der Waals surface area contributed by atoms with Crippen LogP contribution in [0.2, 0.25) is 0 Å². The molecule has 1 saturated heterocycles. The van der Waals surface area contributed by atoms with E-state index in [4.69, 9.17) is 9.47 Å². The van der Waals surface area contributed by atoms with Crippen molar-refractivity contribution in [2.45, 2.75) is 25.0 Å². The van der Waals surface area contributed by atoms with Crippen LogP contribution in [0.3, 0.4) is 0 Å². The van der Waals surface area contributed by atoms with Gasteiger partial charge in [-0.3, -0.25) is 0 Å². The summed E-state index contributed by atoms with van der Waals surface area (Å²) in [4.78, 5) is 0. The van der Waals surface area contributed by atoms with Gasteiger partial charge in [-0.05, 0) is 29.7 Å². The molecule has 0 N–H and O–H groups in total. The molecule has 1 aromatic carbocycles. The largest absolute Gasteiger partial charge is 0.347 e. The fourth-order valence-electron chi connectivity index (χ4n) is 2.45. The Balaban J connectivity index is 1.94. The normalized spacial score (nSPS) is 23.0. The molecular weight excluding hydrogens is 256 g/mol. The molecule has 1 aliphatic carbocycles. The van der Waals surface area contributed by atoms with Crippen LogP contribution in [0, 0.1) is 0 Å². The van der Waals surface area contributed by atoms with Gasteiger partial charge in [-0.1, -0.05) is 22.0 Å². The van der Waals surface area contributed by atoms with Gasteiger partial charge in [0.2, 0.25) is 0 Å². The number of ether oxygens (including phenoxy) is 2. The molecule has 2 nitrogen and oxygen atoms in total. The maximum Gasteiger partial charge on any atom is 0.172 e. The number of fused-ring (bicyclic) bond motifs is 1. The molecule has 2 aliphatic rings. The summed E-state index contributed by atoms with van der Waals surface area (Å²) in [7, 11) is 0. The smallest absolute Gasteiger partial charge is 0.172 e. The van der Waals surface area contributed by atoms with E-state index in [-0.39, 0.29) is 5.79 Å². The quantitative estimate of drug-likeness (QED) is 0.721. The summed E-state index contributed by atoms with van der Waals surface area (Å²) in [6.45, 7) is 1.48. The molecule has 1 heterocycles. The summed E-state index contributed by atoms with van der Waals surface area (Å²) in [5, 5.41) is 0. The highest BCUT2D eigenvalue weighted by Gasteiger charge is 2.39. The van der Waals surface area contributed by atoms with Crippen LogP contribution in [-0.2, 0) is 22.3 Å². The third-order valence-corrected chi connectivity index (χ3v) is 3.71. The Kier molecular flexibility index (Phi) is 2.34. The average Bonchev–Trinajstić information content (AvgIpc) is 2.66. The van der Waals surface area contributed by atoms with Crippen LogP contribution in [0.15, 0.2) is 22.7 Å². The Hall–Kier alpha value is -0.380. The lowest BCUT2D eigenvalue weighted by molar-refractivity contribution is -0.163. The SMILES string of the molecule is Brc1ccc2c(c1)CC1(CC2)OCCO1. The number of halogens is 1. The maximum absolute atomic E-state index is 5.74. The first kappa shape index (κ1) is 9.82. The number of hydrogen-bond acceptors (Lipinski definition) is 2. The lowest BCUT2D eigenvalue weighted by Crippen LogP contribution is -2.36. The topological polar surface area (TPSA) is 18.5 Å². The van der Waals surface area contributed by atoms with Gasteiger partial charge in [0.25, 0.3) is 0 Å². The molecule has 0 aromatic heterocycles. The van der Waals surface area contributed by atoms with Gasteiger partial charge in [-0.25, -0.2) is 0 Å². The molecule has 3 heteroatoms. The van der Waals surface area contributed by atoms with Gasteiger partial charge in [0.15, 0.2) is 5.79 Å². The van der Waals surface area contributed by atoms with E-state index >= 15 is 0 Å². The van der Waals surface area contributed by atoms with Crippen molar-refractivity contribution in [1.82, 2.24) is 0 Å². The van der Waals surface area contributed by atoms with Crippen LogP contribution < -0.4 is 0 Å². The van der Waals surface area contributed by atoms with Gasteiger partial charge in [-0.15, -0.1) is 0 Å². The van der Waals surface area contributed by atoms with Crippen molar-refractivity contribution >= 4 is 15.9 Å². The third-order valence-electron chi connectivity index (χ3n) is 3.22. The van der Waals surface area contributed by atoms with Crippen molar-refractivity contribution in [3.05, 3.63) is 33.8 Å². The van der Waals surface area contributed by atoms with E-state index in [9.17, 15) is 0 Å². The standard InChI is InChI=1S/C12H13BrO2/c13-11-2-1-9-3-4-12(8-10(9)7-11)14-5-6-15-12/h1-2,7H,3-6,8H2.